The highest BCUT2D eigenvalue weighted by Gasteiger charge is 2.67. The third kappa shape index (κ3) is 4.39. The van der Waals surface area contributed by atoms with Crippen LogP contribution in [0.1, 0.15) is 52.0 Å². The lowest BCUT2D eigenvalue weighted by Gasteiger charge is -2.55. The zero-order valence-electron chi connectivity index (χ0n) is 22.6. The summed E-state index contributed by atoms with van der Waals surface area (Å²) in [6, 6.07) is 23.4. The summed E-state index contributed by atoms with van der Waals surface area (Å²) in [5.41, 5.74) is 4.64. The Morgan fingerprint density at radius 1 is 1.05 bits per heavy atom. The van der Waals surface area contributed by atoms with Crippen molar-refractivity contribution < 1.29 is 19.5 Å². The number of likely N-dealkylation sites (tertiary alicyclic amines) is 1. The van der Waals surface area contributed by atoms with Gasteiger partial charge in [-0.25, -0.2) is 0 Å². The molecule has 0 bridgehead atoms. The second-order valence-electron chi connectivity index (χ2n) is 11.0. The highest BCUT2D eigenvalue weighted by Crippen LogP contribution is 2.56. The van der Waals surface area contributed by atoms with Crippen LogP contribution < -0.4 is 5.32 Å². The number of aryl methyl sites for hydroxylation is 2. The maximum Gasteiger partial charge on any atom is 0.255 e. The van der Waals surface area contributed by atoms with E-state index in [2.05, 4.69) is 17.4 Å². The first-order chi connectivity index (χ1) is 19.3. The van der Waals surface area contributed by atoms with E-state index < -0.39 is 29.0 Å². The number of hydrogen-bond donors (Lipinski definition) is 2. The number of β-lactam (4-membered cyclic amide) rings is 1. The van der Waals surface area contributed by atoms with E-state index in [0.29, 0.717) is 11.4 Å². The second-order valence-corrected chi connectivity index (χ2v) is 12.4. The number of fused-ring (bicyclic) bond motifs is 2. The Balaban J connectivity index is 1.22. The topological polar surface area (TPSA) is 90.0 Å². The molecule has 0 aromatic heterocycles. The van der Waals surface area contributed by atoms with E-state index in [0.717, 1.165) is 24.0 Å². The van der Waals surface area contributed by atoms with Crippen molar-refractivity contribution in [2.75, 3.05) is 5.88 Å². The van der Waals surface area contributed by atoms with E-state index in [-0.39, 0.29) is 24.3 Å². The van der Waals surface area contributed by atoms with Crippen molar-refractivity contribution in [3.63, 3.8) is 0 Å². The van der Waals surface area contributed by atoms with E-state index in [1.807, 2.05) is 73.3 Å². The quantitative estimate of drug-likeness (QED) is 0.433. The maximum atomic E-state index is 13.8. The van der Waals surface area contributed by atoms with Crippen LogP contribution >= 0.6 is 11.8 Å². The standard InChI is InChI=1S/C32H33N3O4S/c1-20-10-6-8-14-23(20)29(37)33-25(18-21-11-4-3-5-12-21)27(36)30(38)34-19-40-32(2)28(34)31(39)35(32)26-17-16-22-13-7-9-15-24(22)26/h3-15,25-28,36H,16-19H2,1-2H3,(H,33,37)/t25-,26-,27-,28+,32?/m0/s1. The Labute approximate surface area is 238 Å². The third-order valence-corrected chi connectivity index (χ3v) is 10.0. The van der Waals surface area contributed by atoms with E-state index in [1.54, 1.807) is 23.9 Å². The van der Waals surface area contributed by atoms with Gasteiger partial charge in [0.1, 0.15) is 10.9 Å². The van der Waals surface area contributed by atoms with Gasteiger partial charge in [0.25, 0.3) is 11.8 Å². The smallest absolute Gasteiger partial charge is 0.255 e. The van der Waals surface area contributed by atoms with Crippen molar-refractivity contribution in [1.82, 2.24) is 15.1 Å². The van der Waals surface area contributed by atoms with Crippen LogP contribution in [-0.2, 0) is 22.4 Å². The van der Waals surface area contributed by atoms with Crippen molar-refractivity contribution >= 4 is 29.5 Å². The van der Waals surface area contributed by atoms with Crippen LogP contribution in [0.4, 0.5) is 0 Å². The molecule has 0 radical (unpaired) electrons. The largest absolute Gasteiger partial charge is 0.381 e. The SMILES string of the molecule is Cc1ccccc1C(=O)N[C@@H](Cc1ccccc1)[C@H](O)C(=O)N1CSC2(C)[C@H]1C(=O)N2[C@H]1CCc2ccccc21. The van der Waals surface area contributed by atoms with Gasteiger partial charge in [0, 0.05) is 5.56 Å². The monoisotopic (exact) mass is 555 g/mol. The minimum absolute atomic E-state index is 0.00310. The molecule has 2 aliphatic heterocycles. The van der Waals surface area contributed by atoms with Crippen molar-refractivity contribution in [3.8, 4) is 0 Å². The molecule has 7 nitrogen and oxygen atoms in total. The molecule has 0 spiro atoms. The van der Waals surface area contributed by atoms with Gasteiger partial charge >= 0.3 is 0 Å². The highest BCUT2D eigenvalue weighted by atomic mass is 32.2. The number of nitrogens with zero attached hydrogens (tertiary/aromatic N) is 2. The predicted molar refractivity (Wildman–Crippen MR) is 154 cm³/mol. The molecule has 40 heavy (non-hydrogen) atoms. The second kappa shape index (κ2) is 10.4. The van der Waals surface area contributed by atoms with Crippen molar-refractivity contribution in [2.24, 2.45) is 0 Å². The molecule has 6 rings (SSSR count). The summed E-state index contributed by atoms with van der Waals surface area (Å²) in [5.74, 6) is -0.667. The Kier molecular flexibility index (Phi) is 6.92. The van der Waals surface area contributed by atoms with Crippen LogP contribution in [0.25, 0.3) is 0 Å². The maximum absolute atomic E-state index is 13.8. The molecular weight excluding hydrogens is 522 g/mol. The van der Waals surface area contributed by atoms with E-state index in [9.17, 15) is 19.5 Å². The van der Waals surface area contributed by atoms with E-state index in [4.69, 9.17) is 0 Å². The van der Waals surface area contributed by atoms with Gasteiger partial charge in [0.15, 0.2) is 6.10 Å². The van der Waals surface area contributed by atoms with Crippen molar-refractivity contribution in [2.45, 2.75) is 62.2 Å². The number of amides is 3. The first-order valence-corrected chi connectivity index (χ1v) is 14.7. The molecule has 3 aromatic rings. The number of carbonyl (C=O) groups excluding carboxylic acids is 3. The minimum atomic E-state index is -1.51. The first-order valence-electron chi connectivity index (χ1n) is 13.7. The fraction of sp³-hybridized carbons (Fsp3) is 0.344. The zero-order valence-corrected chi connectivity index (χ0v) is 23.4. The minimum Gasteiger partial charge on any atom is -0.381 e. The predicted octanol–water partition coefficient (Wildman–Crippen LogP) is 3.84. The Morgan fingerprint density at radius 2 is 1.75 bits per heavy atom. The van der Waals surface area contributed by atoms with E-state index >= 15 is 0 Å². The van der Waals surface area contributed by atoms with Crippen LogP contribution in [0.5, 0.6) is 0 Å². The van der Waals surface area contributed by atoms with Gasteiger partial charge in [-0.2, -0.15) is 0 Å². The number of aliphatic hydroxyl groups excluding tert-OH is 1. The number of nitrogens with one attached hydrogen (secondary N) is 1. The van der Waals surface area contributed by atoms with Gasteiger partial charge < -0.3 is 20.2 Å². The van der Waals surface area contributed by atoms with E-state index in [1.165, 1.54) is 16.0 Å². The fourth-order valence-corrected chi connectivity index (χ4v) is 7.89. The molecule has 8 heteroatoms. The number of benzene rings is 3. The Bertz CT molecular complexity index is 1460. The summed E-state index contributed by atoms with van der Waals surface area (Å²) in [6.45, 7) is 3.87. The summed E-state index contributed by atoms with van der Waals surface area (Å²) in [5, 5.41) is 14.3. The molecule has 0 saturated carbocycles. The Morgan fingerprint density at radius 3 is 2.52 bits per heavy atom. The number of carbonyl (C=O) groups is 3. The van der Waals surface area contributed by atoms with Gasteiger partial charge in [-0.05, 0) is 61.4 Å². The highest BCUT2D eigenvalue weighted by molar-refractivity contribution is 8.01. The number of aliphatic hydroxyl groups is 1. The van der Waals surface area contributed by atoms with Crippen molar-refractivity contribution in [3.05, 3.63) is 107 Å². The molecule has 3 amide bonds. The number of thioether (sulfide) groups is 1. The summed E-state index contributed by atoms with van der Waals surface area (Å²) >= 11 is 1.56. The molecule has 1 aliphatic carbocycles. The lowest BCUT2D eigenvalue weighted by molar-refractivity contribution is -0.171. The summed E-state index contributed by atoms with van der Waals surface area (Å²) < 4.78 is 0. The number of rotatable bonds is 7. The van der Waals surface area contributed by atoms with Crippen LogP contribution in [0.15, 0.2) is 78.9 Å². The molecular formula is C32H33N3O4S. The normalized spacial score (nSPS) is 24.6. The van der Waals surface area contributed by atoms with Crippen LogP contribution in [-0.4, -0.2) is 61.6 Å². The molecule has 206 valence electrons. The molecule has 2 saturated heterocycles. The molecule has 5 atom stereocenters. The fourth-order valence-electron chi connectivity index (χ4n) is 6.47. The summed E-state index contributed by atoms with van der Waals surface area (Å²) in [4.78, 5) is 43.5. The molecule has 3 aliphatic rings. The molecule has 1 unspecified atom stereocenters. The van der Waals surface area contributed by atoms with Crippen LogP contribution in [0, 0.1) is 6.92 Å². The lowest BCUT2D eigenvalue weighted by Crippen LogP contribution is -2.74. The summed E-state index contributed by atoms with van der Waals surface area (Å²) in [7, 11) is 0. The first kappa shape index (κ1) is 26.6. The van der Waals surface area contributed by atoms with Gasteiger partial charge in [0.05, 0.1) is 18.0 Å². The molecule has 2 N–H and O–H groups in total. The summed E-state index contributed by atoms with van der Waals surface area (Å²) in [6.07, 6.45) is 0.561. The van der Waals surface area contributed by atoms with Gasteiger partial charge in [0.2, 0.25) is 5.91 Å². The molecule has 3 aromatic carbocycles. The van der Waals surface area contributed by atoms with Crippen molar-refractivity contribution in [1.29, 1.82) is 0 Å². The lowest BCUT2D eigenvalue weighted by atomic mass is 9.89. The third-order valence-electron chi connectivity index (χ3n) is 8.60. The van der Waals surface area contributed by atoms with Gasteiger partial charge in [-0.3, -0.25) is 14.4 Å². The Hall–Kier alpha value is -3.62. The average molecular weight is 556 g/mol. The van der Waals surface area contributed by atoms with Crippen LogP contribution in [0.2, 0.25) is 0 Å². The molecule has 2 heterocycles. The van der Waals surface area contributed by atoms with Gasteiger partial charge in [-0.15, -0.1) is 11.8 Å². The molecule has 2 fully saturated rings. The number of hydrogen-bond acceptors (Lipinski definition) is 5. The average Bonchev–Trinajstić information content (AvgIpc) is 3.51. The van der Waals surface area contributed by atoms with Crippen LogP contribution in [0.3, 0.4) is 0 Å². The van der Waals surface area contributed by atoms with Gasteiger partial charge in [-0.1, -0.05) is 72.8 Å². The zero-order chi connectivity index (χ0) is 28.0.